The second kappa shape index (κ2) is 5.66. The highest BCUT2D eigenvalue weighted by Gasteiger charge is 2.33. The van der Waals surface area contributed by atoms with Crippen LogP contribution in [0.1, 0.15) is 43.7 Å². The minimum atomic E-state index is -0.305. The van der Waals surface area contributed by atoms with E-state index in [4.69, 9.17) is 4.52 Å². The van der Waals surface area contributed by atoms with E-state index in [0.717, 1.165) is 24.4 Å². The van der Waals surface area contributed by atoms with E-state index in [0.29, 0.717) is 34.0 Å². The molecule has 0 amide bonds. The molecule has 4 nitrogen and oxygen atoms in total. The molecule has 1 aliphatic carbocycles. The first-order valence-corrected chi connectivity index (χ1v) is 8.90. The summed E-state index contributed by atoms with van der Waals surface area (Å²) in [6.45, 7) is 4.53. The van der Waals surface area contributed by atoms with Crippen LogP contribution in [0, 0.1) is 5.92 Å². The molecule has 1 N–H and O–H groups in total. The van der Waals surface area contributed by atoms with Gasteiger partial charge in [-0.25, -0.2) is 0 Å². The quantitative estimate of drug-likeness (QED) is 0.922. The van der Waals surface area contributed by atoms with Gasteiger partial charge in [0.15, 0.2) is 5.82 Å². The van der Waals surface area contributed by atoms with Crippen molar-refractivity contribution in [3.8, 4) is 0 Å². The fourth-order valence-corrected chi connectivity index (χ4v) is 5.06. The van der Waals surface area contributed by atoms with Crippen LogP contribution in [0.2, 0.25) is 0 Å². The summed E-state index contributed by atoms with van der Waals surface area (Å²) in [6, 6.07) is 0. The van der Waals surface area contributed by atoms with Crippen molar-refractivity contribution in [3.05, 3.63) is 11.7 Å². The zero-order valence-electron chi connectivity index (χ0n) is 11.3. The summed E-state index contributed by atoms with van der Waals surface area (Å²) in [6.07, 6.45) is 2.47. The van der Waals surface area contributed by atoms with E-state index in [-0.39, 0.29) is 6.10 Å². The molecule has 1 aliphatic heterocycles. The molecule has 3 rings (SSSR count). The van der Waals surface area contributed by atoms with Gasteiger partial charge in [-0.1, -0.05) is 19.0 Å². The first kappa shape index (κ1) is 13.8. The van der Waals surface area contributed by atoms with Gasteiger partial charge in [-0.05, 0) is 18.8 Å². The van der Waals surface area contributed by atoms with Gasteiger partial charge in [-0.15, -0.1) is 11.8 Å². The Morgan fingerprint density at radius 3 is 2.84 bits per heavy atom. The molecule has 0 aromatic carbocycles. The second-order valence-corrected chi connectivity index (χ2v) is 8.52. The van der Waals surface area contributed by atoms with Crippen molar-refractivity contribution in [2.45, 2.75) is 55.0 Å². The number of aliphatic hydroxyl groups excluding tert-OH is 1. The van der Waals surface area contributed by atoms with Gasteiger partial charge in [0.2, 0.25) is 5.89 Å². The molecule has 1 aromatic rings. The highest BCUT2D eigenvalue weighted by molar-refractivity contribution is 8.07. The lowest BCUT2D eigenvalue weighted by Gasteiger charge is -2.29. The first-order chi connectivity index (χ1) is 9.13. The van der Waals surface area contributed by atoms with Crippen molar-refractivity contribution >= 4 is 23.5 Å². The summed E-state index contributed by atoms with van der Waals surface area (Å²) < 4.78 is 5.28. The summed E-state index contributed by atoms with van der Waals surface area (Å²) in [5.74, 6) is 2.89. The lowest BCUT2D eigenvalue weighted by atomic mass is 10.2. The minimum Gasteiger partial charge on any atom is -0.392 e. The lowest BCUT2D eigenvalue weighted by Crippen LogP contribution is -2.22. The molecular weight excluding hydrogens is 280 g/mol. The molecule has 19 heavy (non-hydrogen) atoms. The molecule has 0 radical (unpaired) electrons. The maximum atomic E-state index is 9.90. The Hall–Kier alpha value is -0.200. The van der Waals surface area contributed by atoms with Gasteiger partial charge in [0.05, 0.1) is 17.8 Å². The smallest absolute Gasteiger partial charge is 0.229 e. The summed E-state index contributed by atoms with van der Waals surface area (Å²) in [5, 5.41) is 15.6. The highest BCUT2D eigenvalue weighted by Crippen LogP contribution is 2.43. The molecule has 2 aliphatic rings. The van der Waals surface area contributed by atoms with Crippen LogP contribution in [0.3, 0.4) is 0 Å². The van der Waals surface area contributed by atoms with E-state index in [9.17, 15) is 5.11 Å². The molecule has 2 heterocycles. The predicted octanol–water partition coefficient (Wildman–Crippen LogP) is 2.68. The maximum Gasteiger partial charge on any atom is 0.229 e. The van der Waals surface area contributed by atoms with E-state index in [1.807, 2.05) is 23.5 Å². The minimum absolute atomic E-state index is 0.305. The molecule has 1 aromatic heterocycles. The molecular formula is C13H20N2O2S2. The van der Waals surface area contributed by atoms with Crippen LogP contribution in [-0.2, 0) is 6.42 Å². The first-order valence-electron chi connectivity index (χ1n) is 6.91. The fourth-order valence-electron chi connectivity index (χ4n) is 2.23. The molecule has 1 saturated heterocycles. The van der Waals surface area contributed by atoms with E-state index in [2.05, 4.69) is 24.0 Å². The Morgan fingerprint density at radius 2 is 2.16 bits per heavy atom. The van der Waals surface area contributed by atoms with Crippen LogP contribution >= 0.6 is 23.5 Å². The fraction of sp³-hybridized carbons (Fsp3) is 0.846. The zero-order valence-corrected chi connectivity index (χ0v) is 12.9. The third-order valence-corrected chi connectivity index (χ3v) is 7.26. The molecule has 0 bridgehead atoms. The number of nitrogens with zero attached hydrogens (tertiary/aromatic N) is 2. The molecule has 1 saturated carbocycles. The van der Waals surface area contributed by atoms with Gasteiger partial charge < -0.3 is 9.63 Å². The van der Waals surface area contributed by atoms with Gasteiger partial charge in [0.25, 0.3) is 0 Å². The third kappa shape index (κ3) is 3.28. The number of thioether (sulfide) groups is 2. The molecule has 6 heteroatoms. The van der Waals surface area contributed by atoms with Crippen molar-refractivity contribution in [1.82, 2.24) is 10.1 Å². The Morgan fingerprint density at radius 1 is 1.37 bits per heavy atom. The number of hydrogen-bond donors (Lipinski definition) is 1. The summed E-state index contributed by atoms with van der Waals surface area (Å²) in [4.78, 5) is 4.47. The average molecular weight is 300 g/mol. The SMILES string of the molecule is CC1SCC(c2noc(CC(O)C3CC3)n2)SC1C. The Balaban J connectivity index is 1.60. The van der Waals surface area contributed by atoms with Gasteiger partial charge in [0.1, 0.15) is 0 Å². The molecule has 0 spiro atoms. The van der Waals surface area contributed by atoms with Crippen LogP contribution in [0.4, 0.5) is 0 Å². The van der Waals surface area contributed by atoms with E-state index in [1.54, 1.807) is 0 Å². The zero-order chi connectivity index (χ0) is 13.4. The normalized spacial score (nSPS) is 33.3. The standard InChI is InChI=1S/C13H20N2O2S2/c1-7-8(2)19-11(6-18-7)13-14-12(17-15-13)5-10(16)9-3-4-9/h7-11,16H,3-6H2,1-2H3. The number of aromatic nitrogens is 2. The van der Waals surface area contributed by atoms with Crippen LogP contribution in [-0.4, -0.2) is 37.6 Å². The largest absolute Gasteiger partial charge is 0.392 e. The topological polar surface area (TPSA) is 59.2 Å². The summed E-state index contributed by atoms with van der Waals surface area (Å²) in [5.41, 5.74) is 0. The Labute approximate surface area is 122 Å². The van der Waals surface area contributed by atoms with Gasteiger partial charge in [0, 0.05) is 16.3 Å². The van der Waals surface area contributed by atoms with Crippen molar-refractivity contribution in [1.29, 1.82) is 0 Å². The van der Waals surface area contributed by atoms with Gasteiger partial charge in [-0.2, -0.15) is 16.7 Å². The van der Waals surface area contributed by atoms with Crippen molar-refractivity contribution < 1.29 is 9.63 Å². The van der Waals surface area contributed by atoms with E-state index < -0.39 is 0 Å². The van der Waals surface area contributed by atoms with Crippen molar-refractivity contribution in [2.24, 2.45) is 5.92 Å². The highest BCUT2D eigenvalue weighted by atomic mass is 32.2. The van der Waals surface area contributed by atoms with E-state index >= 15 is 0 Å². The van der Waals surface area contributed by atoms with Crippen LogP contribution < -0.4 is 0 Å². The van der Waals surface area contributed by atoms with Crippen LogP contribution in [0.5, 0.6) is 0 Å². The van der Waals surface area contributed by atoms with Crippen LogP contribution in [0.15, 0.2) is 4.52 Å². The summed E-state index contributed by atoms with van der Waals surface area (Å²) in [7, 11) is 0. The third-order valence-electron chi connectivity index (χ3n) is 3.87. The number of hydrogen-bond acceptors (Lipinski definition) is 6. The maximum absolute atomic E-state index is 9.90. The summed E-state index contributed by atoms with van der Waals surface area (Å²) >= 11 is 3.91. The van der Waals surface area contributed by atoms with Crippen molar-refractivity contribution in [2.75, 3.05) is 5.75 Å². The molecule has 106 valence electrons. The van der Waals surface area contributed by atoms with Gasteiger partial charge >= 0.3 is 0 Å². The Kier molecular flexibility index (Phi) is 4.10. The molecule has 4 unspecified atom stereocenters. The average Bonchev–Trinajstić information content (AvgIpc) is 3.14. The monoisotopic (exact) mass is 300 g/mol. The molecule has 4 atom stereocenters. The predicted molar refractivity (Wildman–Crippen MR) is 78.4 cm³/mol. The van der Waals surface area contributed by atoms with Crippen molar-refractivity contribution in [3.63, 3.8) is 0 Å². The number of aliphatic hydroxyl groups is 1. The Bertz CT molecular complexity index is 436. The van der Waals surface area contributed by atoms with Gasteiger partial charge in [-0.3, -0.25) is 0 Å². The van der Waals surface area contributed by atoms with Crippen LogP contribution in [0.25, 0.3) is 0 Å². The second-order valence-electron chi connectivity index (χ2n) is 5.52. The number of rotatable bonds is 4. The molecule has 2 fully saturated rings. The lowest BCUT2D eigenvalue weighted by molar-refractivity contribution is 0.140. The van der Waals surface area contributed by atoms with E-state index in [1.165, 1.54) is 0 Å².